The van der Waals surface area contributed by atoms with Crippen LogP contribution in [-0.2, 0) is 0 Å². The van der Waals surface area contributed by atoms with Crippen LogP contribution < -0.4 is 9.80 Å². The van der Waals surface area contributed by atoms with Crippen LogP contribution in [0.1, 0.15) is 20.7 Å². The average molecular weight is 470 g/mol. The summed E-state index contributed by atoms with van der Waals surface area (Å²) in [6.45, 7) is 0. The largest absolute Gasteiger partial charge is 0.311 e. The van der Waals surface area contributed by atoms with E-state index in [1.807, 2.05) is 54.6 Å². The summed E-state index contributed by atoms with van der Waals surface area (Å²) < 4.78 is 0.906. The molecule has 3 aromatic rings. The zero-order valence-electron chi connectivity index (χ0n) is 15.1. The van der Waals surface area contributed by atoms with Crippen molar-refractivity contribution in [2.75, 3.05) is 23.9 Å². The van der Waals surface area contributed by atoms with E-state index >= 15 is 0 Å². The summed E-state index contributed by atoms with van der Waals surface area (Å²) in [6, 6.07) is 24.0. The molecule has 0 spiro atoms. The van der Waals surface area contributed by atoms with Crippen LogP contribution in [0.5, 0.6) is 0 Å². The van der Waals surface area contributed by atoms with Gasteiger partial charge in [0.1, 0.15) is 0 Å². The minimum Gasteiger partial charge on any atom is -0.311 e. The zero-order valence-corrected chi connectivity index (χ0v) is 17.3. The van der Waals surface area contributed by atoms with Gasteiger partial charge >= 0.3 is 0 Å². The number of hydrogen-bond acceptors (Lipinski definition) is 2. The Balaban J connectivity index is 1.78. The number of para-hydroxylation sites is 1. The van der Waals surface area contributed by atoms with Gasteiger partial charge in [-0.15, -0.1) is 0 Å². The van der Waals surface area contributed by atoms with E-state index in [1.165, 1.54) is 0 Å². The van der Waals surface area contributed by atoms with Crippen LogP contribution >= 0.6 is 22.6 Å². The molecule has 0 aliphatic carbocycles. The van der Waals surface area contributed by atoms with Gasteiger partial charge in [0.25, 0.3) is 11.8 Å². The third-order valence-electron chi connectivity index (χ3n) is 4.36. The summed E-state index contributed by atoms with van der Waals surface area (Å²) in [5.41, 5.74) is 2.79. The van der Waals surface area contributed by atoms with E-state index in [2.05, 4.69) is 22.6 Å². The first-order valence-electron chi connectivity index (χ1n) is 8.45. The summed E-state index contributed by atoms with van der Waals surface area (Å²) >= 11 is 2.16. The van der Waals surface area contributed by atoms with E-state index in [4.69, 9.17) is 0 Å². The smallest absolute Gasteiger partial charge is 0.259 e. The highest BCUT2D eigenvalue weighted by Crippen LogP contribution is 2.21. The fourth-order valence-corrected chi connectivity index (χ4v) is 3.34. The van der Waals surface area contributed by atoms with Crippen LogP contribution in [0.2, 0.25) is 0 Å². The number of carbonyl (C=O) groups excluding carboxylic acids is 2. The first-order valence-corrected chi connectivity index (χ1v) is 9.52. The van der Waals surface area contributed by atoms with Gasteiger partial charge in [-0.2, -0.15) is 0 Å². The summed E-state index contributed by atoms with van der Waals surface area (Å²) in [5, 5.41) is 0. The van der Waals surface area contributed by atoms with E-state index in [1.54, 1.807) is 48.2 Å². The molecule has 0 N–H and O–H groups in total. The average Bonchev–Trinajstić information content (AvgIpc) is 2.73. The molecule has 0 saturated carbocycles. The molecular formula is C22H19IN2O2. The van der Waals surface area contributed by atoms with Crippen molar-refractivity contribution < 1.29 is 9.59 Å². The van der Waals surface area contributed by atoms with Gasteiger partial charge in [0.15, 0.2) is 0 Å². The van der Waals surface area contributed by atoms with Gasteiger partial charge in [-0.05, 0) is 71.1 Å². The molecule has 0 aliphatic heterocycles. The predicted molar refractivity (Wildman–Crippen MR) is 118 cm³/mol. The Morgan fingerprint density at radius 3 is 1.81 bits per heavy atom. The molecule has 0 saturated heterocycles. The zero-order chi connectivity index (χ0) is 19.4. The fourth-order valence-electron chi connectivity index (χ4n) is 2.72. The first-order chi connectivity index (χ1) is 13.0. The Bertz CT molecular complexity index is 956. The molecule has 0 radical (unpaired) electrons. The maximum absolute atomic E-state index is 12.7. The van der Waals surface area contributed by atoms with Crippen molar-refractivity contribution in [3.8, 4) is 0 Å². The fraction of sp³-hybridized carbons (Fsp3) is 0.0909. The van der Waals surface area contributed by atoms with Crippen molar-refractivity contribution in [3.05, 3.63) is 93.6 Å². The maximum atomic E-state index is 12.7. The Morgan fingerprint density at radius 2 is 1.19 bits per heavy atom. The molecule has 0 unspecified atom stereocenters. The second kappa shape index (κ2) is 8.35. The highest BCUT2D eigenvalue weighted by molar-refractivity contribution is 14.1. The lowest BCUT2D eigenvalue weighted by molar-refractivity contribution is 0.0986. The van der Waals surface area contributed by atoms with Gasteiger partial charge in [-0.25, -0.2) is 0 Å². The maximum Gasteiger partial charge on any atom is 0.259 e. The minimum atomic E-state index is -0.0978. The van der Waals surface area contributed by atoms with E-state index < -0.39 is 0 Å². The molecule has 2 amide bonds. The Hall–Kier alpha value is -2.67. The molecule has 0 heterocycles. The quantitative estimate of drug-likeness (QED) is 0.512. The summed E-state index contributed by atoms with van der Waals surface area (Å²) in [5.74, 6) is -0.181. The highest BCUT2D eigenvalue weighted by atomic mass is 127. The third kappa shape index (κ3) is 4.19. The number of carbonyl (C=O) groups is 2. The van der Waals surface area contributed by atoms with Crippen molar-refractivity contribution in [2.45, 2.75) is 0 Å². The summed E-state index contributed by atoms with van der Waals surface area (Å²) in [6.07, 6.45) is 0. The number of rotatable bonds is 4. The normalized spacial score (nSPS) is 10.3. The van der Waals surface area contributed by atoms with Gasteiger partial charge in [0.2, 0.25) is 0 Å². The molecular weight excluding hydrogens is 451 g/mol. The molecule has 136 valence electrons. The monoisotopic (exact) mass is 470 g/mol. The van der Waals surface area contributed by atoms with Crippen LogP contribution in [0.15, 0.2) is 78.9 Å². The summed E-state index contributed by atoms with van der Waals surface area (Å²) in [7, 11) is 3.48. The van der Waals surface area contributed by atoms with Crippen molar-refractivity contribution in [1.29, 1.82) is 0 Å². The molecule has 4 nitrogen and oxygen atoms in total. The van der Waals surface area contributed by atoms with Crippen molar-refractivity contribution in [3.63, 3.8) is 0 Å². The van der Waals surface area contributed by atoms with Gasteiger partial charge in [0.05, 0.1) is 5.56 Å². The number of anilines is 2. The molecule has 0 aliphatic rings. The number of benzene rings is 3. The van der Waals surface area contributed by atoms with E-state index in [0.717, 1.165) is 14.9 Å². The molecule has 3 aromatic carbocycles. The van der Waals surface area contributed by atoms with Crippen LogP contribution in [0.3, 0.4) is 0 Å². The van der Waals surface area contributed by atoms with E-state index in [0.29, 0.717) is 11.1 Å². The lowest BCUT2D eigenvalue weighted by Crippen LogP contribution is -2.28. The van der Waals surface area contributed by atoms with Crippen LogP contribution in [0, 0.1) is 3.57 Å². The van der Waals surface area contributed by atoms with Gasteiger partial charge < -0.3 is 9.80 Å². The second-order valence-corrected chi connectivity index (χ2v) is 7.25. The Labute approximate surface area is 172 Å². The van der Waals surface area contributed by atoms with Gasteiger partial charge in [-0.3, -0.25) is 9.59 Å². The number of amides is 2. The van der Waals surface area contributed by atoms with E-state index in [9.17, 15) is 9.59 Å². The van der Waals surface area contributed by atoms with Crippen molar-refractivity contribution in [2.24, 2.45) is 0 Å². The number of nitrogens with zero attached hydrogens (tertiary/aromatic N) is 2. The predicted octanol–water partition coefficient (Wildman–Crippen LogP) is 4.84. The topological polar surface area (TPSA) is 40.6 Å². The molecule has 27 heavy (non-hydrogen) atoms. The van der Waals surface area contributed by atoms with Crippen LogP contribution in [0.25, 0.3) is 0 Å². The Kier molecular flexibility index (Phi) is 5.91. The van der Waals surface area contributed by atoms with E-state index in [-0.39, 0.29) is 11.8 Å². The standard InChI is InChI=1S/C22H19IN2O2/c1-24(17-8-4-3-5-9-17)21(26)16-12-14-18(15-13-16)25(2)22(27)19-10-6-7-11-20(19)23/h3-15H,1-2H3. The SMILES string of the molecule is CN(C(=O)c1ccc(N(C)C(=O)c2ccccc2I)cc1)c1ccccc1. The third-order valence-corrected chi connectivity index (χ3v) is 5.30. The first kappa shape index (κ1) is 19.1. The van der Waals surface area contributed by atoms with Gasteiger partial charge in [0, 0.05) is 34.6 Å². The lowest BCUT2D eigenvalue weighted by atomic mass is 10.1. The minimum absolute atomic E-state index is 0.0829. The summed E-state index contributed by atoms with van der Waals surface area (Å²) in [4.78, 5) is 28.6. The van der Waals surface area contributed by atoms with Crippen molar-refractivity contribution in [1.82, 2.24) is 0 Å². The van der Waals surface area contributed by atoms with Crippen LogP contribution in [0.4, 0.5) is 11.4 Å². The number of hydrogen-bond donors (Lipinski definition) is 0. The second-order valence-electron chi connectivity index (χ2n) is 6.09. The van der Waals surface area contributed by atoms with Crippen molar-refractivity contribution >= 4 is 45.8 Å². The number of halogens is 1. The molecule has 0 atom stereocenters. The molecule has 0 aromatic heterocycles. The molecule has 0 bridgehead atoms. The molecule has 5 heteroatoms. The van der Waals surface area contributed by atoms with Crippen LogP contribution in [-0.4, -0.2) is 25.9 Å². The Morgan fingerprint density at radius 1 is 0.667 bits per heavy atom. The molecule has 3 rings (SSSR count). The van der Waals surface area contributed by atoms with Gasteiger partial charge in [-0.1, -0.05) is 30.3 Å². The highest BCUT2D eigenvalue weighted by Gasteiger charge is 2.17. The molecule has 0 fully saturated rings. The lowest BCUT2D eigenvalue weighted by Gasteiger charge is -2.20.